The van der Waals surface area contributed by atoms with Gasteiger partial charge >= 0.3 is 0 Å². The van der Waals surface area contributed by atoms with Gasteiger partial charge in [0.25, 0.3) is 5.56 Å². The summed E-state index contributed by atoms with van der Waals surface area (Å²) in [5, 5.41) is 4.51. The average Bonchev–Trinajstić information content (AvgIpc) is 3.30. The summed E-state index contributed by atoms with van der Waals surface area (Å²) in [5.74, 6) is -0.00538. The van der Waals surface area contributed by atoms with Gasteiger partial charge in [-0.25, -0.2) is 14.4 Å². The summed E-state index contributed by atoms with van der Waals surface area (Å²) in [7, 11) is 1.85. The van der Waals surface area contributed by atoms with Crippen LogP contribution in [-0.2, 0) is 29.5 Å². The van der Waals surface area contributed by atoms with Crippen LogP contribution in [0.3, 0.4) is 0 Å². The van der Waals surface area contributed by atoms with Crippen molar-refractivity contribution in [2.75, 3.05) is 31.2 Å². The number of morpholine rings is 1. The highest BCUT2D eigenvalue weighted by Crippen LogP contribution is 2.31. The van der Waals surface area contributed by atoms with Gasteiger partial charge in [0.15, 0.2) is 5.65 Å². The first kappa shape index (κ1) is 22.1. The Morgan fingerprint density at radius 2 is 2.09 bits per heavy atom. The SMILES string of the molecule is Cn1cc([C@H]2CN(c3cn4c(=O)c5c(nc4c(-c4ccc(Cl)cc4F)n3)CCOC5)CCO2)cn1. The third-order valence-electron chi connectivity index (χ3n) is 6.38. The Morgan fingerprint density at radius 3 is 2.89 bits per heavy atom. The smallest absolute Gasteiger partial charge is 0.263 e. The molecule has 1 saturated heterocycles. The molecule has 0 spiro atoms. The number of ether oxygens (including phenoxy) is 2. The van der Waals surface area contributed by atoms with Crippen molar-refractivity contribution in [3.63, 3.8) is 0 Å². The molecule has 0 unspecified atom stereocenters. The van der Waals surface area contributed by atoms with E-state index in [4.69, 9.17) is 31.0 Å². The number of halogens is 2. The minimum Gasteiger partial charge on any atom is -0.376 e. The number of fused-ring (bicyclic) bond motifs is 2. The number of aryl methyl sites for hydroxylation is 1. The van der Waals surface area contributed by atoms with Gasteiger partial charge in [0.1, 0.15) is 23.4 Å². The van der Waals surface area contributed by atoms with Crippen molar-refractivity contribution in [2.45, 2.75) is 19.1 Å². The second kappa shape index (κ2) is 8.71. The van der Waals surface area contributed by atoms with E-state index < -0.39 is 5.82 Å². The zero-order chi connectivity index (χ0) is 24.1. The van der Waals surface area contributed by atoms with Crippen molar-refractivity contribution in [1.82, 2.24) is 24.1 Å². The molecule has 0 aliphatic carbocycles. The highest BCUT2D eigenvalue weighted by atomic mass is 35.5. The van der Waals surface area contributed by atoms with Crippen LogP contribution in [0.2, 0.25) is 5.02 Å². The van der Waals surface area contributed by atoms with E-state index in [0.29, 0.717) is 55.4 Å². The minimum atomic E-state index is -0.533. The summed E-state index contributed by atoms with van der Waals surface area (Å²) in [6.45, 7) is 2.22. The first-order chi connectivity index (χ1) is 17.0. The van der Waals surface area contributed by atoms with Crippen molar-refractivity contribution in [3.05, 3.63) is 74.8 Å². The van der Waals surface area contributed by atoms with Crippen LogP contribution in [0.1, 0.15) is 22.9 Å². The third-order valence-corrected chi connectivity index (χ3v) is 6.62. The predicted molar refractivity (Wildman–Crippen MR) is 127 cm³/mol. The molecule has 4 aromatic rings. The largest absolute Gasteiger partial charge is 0.376 e. The maximum Gasteiger partial charge on any atom is 0.263 e. The number of aromatic nitrogens is 5. The van der Waals surface area contributed by atoms with Gasteiger partial charge in [-0.3, -0.25) is 13.9 Å². The topological polar surface area (TPSA) is 86.8 Å². The summed E-state index contributed by atoms with van der Waals surface area (Å²) in [6, 6.07) is 4.40. The lowest BCUT2D eigenvalue weighted by Crippen LogP contribution is -2.39. The second-order valence-electron chi connectivity index (χ2n) is 8.66. The molecule has 0 saturated carbocycles. The molecule has 0 bridgehead atoms. The van der Waals surface area contributed by atoms with Crippen LogP contribution in [0, 0.1) is 5.82 Å². The molecule has 6 rings (SSSR count). The first-order valence-electron chi connectivity index (χ1n) is 11.3. The maximum absolute atomic E-state index is 15.1. The van der Waals surface area contributed by atoms with Gasteiger partial charge in [0, 0.05) is 42.4 Å². The first-order valence-corrected chi connectivity index (χ1v) is 11.7. The third kappa shape index (κ3) is 3.97. The molecule has 0 N–H and O–H groups in total. The molecule has 1 atom stereocenters. The highest BCUT2D eigenvalue weighted by Gasteiger charge is 2.27. The van der Waals surface area contributed by atoms with Crippen LogP contribution >= 0.6 is 11.6 Å². The molecule has 0 amide bonds. The van der Waals surface area contributed by atoms with Crippen LogP contribution in [0.25, 0.3) is 16.9 Å². The number of rotatable bonds is 3. The lowest BCUT2D eigenvalue weighted by atomic mass is 10.1. The fourth-order valence-electron chi connectivity index (χ4n) is 4.58. The number of benzene rings is 1. The molecule has 1 aromatic carbocycles. The normalized spacial score (nSPS) is 18.1. The van der Waals surface area contributed by atoms with Gasteiger partial charge in [-0.2, -0.15) is 5.10 Å². The fourth-order valence-corrected chi connectivity index (χ4v) is 4.74. The van der Waals surface area contributed by atoms with Crippen LogP contribution in [0.4, 0.5) is 10.2 Å². The molecule has 2 aliphatic heterocycles. The van der Waals surface area contributed by atoms with Crippen molar-refractivity contribution < 1.29 is 13.9 Å². The van der Waals surface area contributed by atoms with Crippen LogP contribution in [-0.4, -0.2) is 50.5 Å². The standard InChI is InChI=1S/C24H22ClFN6O3/c1-30-10-14(9-27-30)20-11-31(5-7-35-20)21-12-32-23(28-19-4-6-34-13-17(19)24(32)33)22(29-21)16-3-2-15(25)8-18(16)26/h2-3,8-10,12,20H,4-7,11,13H2,1H3/t20-/m1/s1. The van der Waals surface area contributed by atoms with Gasteiger partial charge in [-0.05, 0) is 18.2 Å². The van der Waals surface area contributed by atoms with E-state index >= 15 is 4.39 Å². The Morgan fingerprint density at radius 1 is 1.20 bits per heavy atom. The van der Waals surface area contributed by atoms with E-state index in [1.807, 2.05) is 18.1 Å². The summed E-state index contributed by atoms with van der Waals surface area (Å²) < 4.78 is 29.7. The van der Waals surface area contributed by atoms with Gasteiger partial charge in [-0.15, -0.1) is 0 Å². The number of nitrogens with zero attached hydrogens (tertiary/aromatic N) is 6. The lowest BCUT2D eigenvalue weighted by Gasteiger charge is -2.33. The van der Waals surface area contributed by atoms with Crippen molar-refractivity contribution in [3.8, 4) is 11.3 Å². The monoisotopic (exact) mass is 496 g/mol. The van der Waals surface area contributed by atoms with Crippen LogP contribution < -0.4 is 10.5 Å². The van der Waals surface area contributed by atoms with Crippen LogP contribution in [0.5, 0.6) is 0 Å². The van der Waals surface area contributed by atoms with Crippen molar-refractivity contribution >= 4 is 23.1 Å². The fraction of sp³-hybridized carbons (Fsp3) is 0.333. The molecule has 0 radical (unpaired) electrons. The zero-order valence-corrected chi connectivity index (χ0v) is 19.7. The summed E-state index contributed by atoms with van der Waals surface area (Å²) >= 11 is 6.00. The summed E-state index contributed by atoms with van der Waals surface area (Å²) in [5.41, 5.74) is 2.71. The lowest BCUT2D eigenvalue weighted by molar-refractivity contribution is 0.0394. The molecule has 180 valence electrons. The minimum absolute atomic E-state index is 0.201. The summed E-state index contributed by atoms with van der Waals surface area (Å²) in [6.07, 6.45) is 5.66. The van der Waals surface area contributed by atoms with Gasteiger partial charge in [0.05, 0.1) is 50.0 Å². The zero-order valence-electron chi connectivity index (χ0n) is 18.9. The molecular weight excluding hydrogens is 475 g/mol. The molecule has 35 heavy (non-hydrogen) atoms. The van der Waals surface area contributed by atoms with E-state index in [9.17, 15) is 4.79 Å². The quantitative estimate of drug-likeness (QED) is 0.431. The molecular formula is C24H22ClFN6O3. The van der Waals surface area contributed by atoms with E-state index in [-0.39, 0.29) is 34.6 Å². The summed E-state index contributed by atoms with van der Waals surface area (Å²) in [4.78, 5) is 25.0. The van der Waals surface area contributed by atoms with Gasteiger partial charge in [0.2, 0.25) is 0 Å². The number of hydrogen-bond donors (Lipinski definition) is 0. The Kier molecular flexibility index (Phi) is 5.51. The van der Waals surface area contributed by atoms with E-state index in [1.54, 1.807) is 29.2 Å². The molecule has 5 heterocycles. The second-order valence-corrected chi connectivity index (χ2v) is 9.10. The number of anilines is 1. The van der Waals surface area contributed by atoms with Crippen LogP contribution in [0.15, 0.2) is 41.6 Å². The predicted octanol–water partition coefficient (Wildman–Crippen LogP) is 2.93. The van der Waals surface area contributed by atoms with Gasteiger partial charge in [-0.1, -0.05) is 11.6 Å². The number of hydrogen-bond acceptors (Lipinski definition) is 7. The molecule has 3 aromatic heterocycles. The molecule has 1 fully saturated rings. The molecule has 2 aliphatic rings. The average molecular weight is 497 g/mol. The highest BCUT2D eigenvalue weighted by molar-refractivity contribution is 6.30. The van der Waals surface area contributed by atoms with E-state index in [2.05, 4.69) is 5.10 Å². The Hall–Kier alpha value is -3.34. The van der Waals surface area contributed by atoms with E-state index in [1.165, 1.54) is 10.5 Å². The van der Waals surface area contributed by atoms with E-state index in [0.717, 1.165) is 5.56 Å². The van der Waals surface area contributed by atoms with Crippen molar-refractivity contribution in [2.24, 2.45) is 7.05 Å². The molecule has 9 nitrogen and oxygen atoms in total. The Balaban J connectivity index is 1.52. The van der Waals surface area contributed by atoms with Gasteiger partial charge < -0.3 is 14.4 Å². The maximum atomic E-state index is 15.1. The molecule has 11 heteroatoms. The Labute approximate surface area is 204 Å². The van der Waals surface area contributed by atoms with Crippen molar-refractivity contribution in [1.29, 1.82) is 0 Å². The Bertz CT molecular complexity index is 1500.